The topological polar surface area (TPSA) is 55.7 Å². The quantitative estimate of drug-likeness (QED) is 0.181. The number of phenolic OH excluding ortho intramolecular Hbond substituents is 1. The molecule has 3 N–H and O–H groups in total. The zero-order chi connectivity index (χ0) is 29.3. The number of aromatic hydroxyl groups is 1. The van der Waals surface area contributed by atoms with Gasteiger partial charge in [0.1, 0.15) is 5.75 Å². The number of phenols is 1. The zero-order valence-corrected chi connectivity index (χ0v) is 24.6. The van der Waals surface area contributed by atoms with Crippen molar-refractivity contribution >= 4 is 5.57 Å². The minimum Gasteiger partial charge on any atom is -0.507 e. The van der Waals surface area contributed by atoms with Crippen LogP contribution in [0.3, 0.4) is 0 Å². The average molecular weight is 555 g/mol. The van der Waals surface area contributed by atoms with Crippen LogP contribution in [-0.2, 0) is 5.92 Å². The van der Waals surface area contributed by atoms with Crippen molar-refractivity contribution in [1.29, 1.82) is 0 Å². The summed E-state index contributed by atoms with van der Waals surface area (Å²) in [7, 11) is 0. The predicted octanol–water partition coefficient (Wildman–Crippen LogP) is 7.93. The van der Waals surface area contributed by atoms with Gasteiger partial charge >= 0.3 is 0 Å². The van der Waals surface area contributed by atoms with E-state index in [1.807, 2.05) is 19.1 Å². The Labute approximate surface area is 239 Å². The minimum atomic E-state index is -2.99. The van der Waals surface area contributed by atoms with Crippen molar-refractivity contribution < 1.29 is 19.0 Å². The lowest BCUT2D eigenvalue weighted by Crippen LogP contribution is -2.45. The van der Waals surface area contributed by atoms with Crippen molar-refractivity contribution in [2.45, 2.75) is 96.6 Å². The first-order valence-corrected chi connectivity index (χ1v) is 14.8. The second-order valence-corrected chi connectivity index (χ2v) is 11.5. The molecule has 4 nitrogen and oxygen atoms in total. The molecule has 0 radical (unpaired) electrons. The Kier molecular flexibility index (Phi) is 11.8. The molecule has 0 amide bonds. The lowest BCUT2D eigenvalue weighted by atomic mass is 9.91. The molecule has 1 unspecified atom stereocenters. The lowest BCUT2D eigenvalue weighted by molar-refractivity contribution is -0.00854. The fourth-order valence-corrected chi connectivity index (χ4v) is 5.77. The van der Waals surface area contributed by atoms with Crippen molar-refractivity contribution in [3.05, 3.63) is 83.1 Å². The van der Waals surface area contributed by atoms with Crippen LogP contribution < -0.4 is 5.32 Å². The SMILES string of the molecule is C=C/C(=C\C=C(/C(=C)C)c1c(C)cc(C(F)(F)CC)cc1O)N[C@@H]1CCCN(CCCC2=CCCC(O)CC2)C1. The summed E-state index contributed by atoms with van der Waals surface area (Å²) < 4.78 is 28.6. The van der Waals surface area contributed by atoms with Gasteiger partial charge in [0, 0.05) is 35.8 Å². The first-order chi connectivity index (χ1) is 19.0. The highest BCUT2D eigenvalue weighted by atomic mass is 19.3. The molecule has 1 fully saturated rings. The van der Waals surface area contributed by atoms with Gasteiger partial charge in [0.25, 0.3) is 5.92 Å². The highest BCUT2D eigenvalue weighted by Gasteiger charge is 2.30. The molecule has 0 aromatic heterocycles. The van der Waals surface area contributed by atoms with Gasteiger partial charge in [-0.3, -0.25) is 0 Å². The number of allylic oxidation sites excluding steroid dienone is 7. The molecule has 1 aromatic carbocycles. The smallest absolute Gasteiger partial charge is 0.273 e. The normalized spacial score (nSPS) is 21.5. The molecule has 0 spiro atoms. The third-order valence-electron chi connectivity index (χ3n) is 8.14. The van der Waals surface area contributed by atoms with Crippen LogP contribution in [-0.4, -0.2) is 46.9 Å². The van der Waals surface area contributed by atoms with Gasteiger partial charge in [-0.05, 0) is 114 Å². The second-order valence-electron chi connectivity index (χ2n) is 11.5. The third kappa shape index (κ3) is 8.90. The first-order valence-electron chi connectivity index (χ1n) is 14.8. The number of rotatable bonds is 12. The third-order valence-corrected chi connectivity index (χ3v) is 8.14. The molecule has 0 saturated carbocycles. The number of hydrogen-bond donors (Lipinski definition) is 3. The van der Waals surface area contributed by atoms with Gasteiger partial charge in [-0.2, -0.15) is 0 Å². The second kappa shape index (κ2) is 14.8. The maximum atomic E-state index is 14.3. The van der Waals surface area contributed by atoms with E-state index in [1.54, 1.807) is 13.0 Å². The Morgan fingerprint density at radius 1 is 1.23 bits per heavy atom. The summed E-state index contributed by atoms with van der Waals surface area (Å²) >= 11 is 0. The maximum Gasteiger partial charge on any atom is 0.273 e. The molecule has 1 aromatic rings. The largest absolute Gasteiger partial charge is 0.507 e. The van der Waals surface area contributed by atoms with E-state index in [9.17, 15) is 19.0 Å². The van der Waals surface area contributed by atoms with E-state index >= 15 is 0 Å². The Bertz CT molecular complexity index is 1110. The first kappa shape index (κ1) is 31.8. The fourth-order valence-electron chi connectivity index (χ4n) is 5.77. The van der Waals surface area contributed by atoms with Gasteiger partial charge in [-0.25, -0.2) is 8.78 Å². The number of piperidine rings is 1. The molecule has 40 heavy (non-hydrogen) atoms. The van der Waals surface area contributed by atoms with Crippen LogP contribution in [0.25, 0.3) is 5.57 Å². The lowest BCUT2D eigenvalue weighted by Gasteiger charge is -2.34. The van der Waals surface area contributed by atoms with Crippen LogP contribution in [0.5, 0.6) is 5.75 Å². The molecule has 1 heterocycles. The Morgan fingerprint density at radius 3 is 2.67 bits per heavy atom. The van der Waals surface area contributed by atoms with E-state index in [-0.39, 0.29) is 23.8 Å². The van der Waals surface area contributed by atoms with Crippen LogP contribution in [0, 0.1) is 6.92 Å². The van der Waals surface area contributed by atoms with Crippen molar-refractivity contribution in [1.82, 2.24) is 10.2 Å². The summed E-state index contributed by atoms with van der Waals surface area (Å²) in [5.74, 6) is -3.16. The summed E-state index contributed by atoms with van der Waals surface area (Å²) in [6, 6.07) is 2.93. The van der Waals surface area contributed by atoms with Crippen molar-refractivity contribution in [3.63, 3.8) is 0 Å². The van der Waals surface area contributed by atoms with Gasteiger partial charge in [0.15, 0.2) is 0 Å². The van der Waals surface area contributed by atoms with E-state index in [1.165, 1.54) is 24.6 Å². The van der Waals surface area contributed by atoms with Crippen molar-refractivity contribution in [2.75, 3.05) is 19.6 Å². The fraction of sp³-hybridized carbons (Fsp3) is 0.529. The number of alkyl halides is 2. The summed E-state index contributed by atoms with van der Waals surface area (Å²) in [5, 5.41) is 24.3. The number of aryl methyl sites for hydroxylation is 1. The minimum absolute atomic E-state index is 0.148. The highest BCUT2D eigenvalue weighted by molar-refractivity contribution is 5.84. The molecule has 0 bridgehead atoms. The van der Waals surface area contributed by atoms with E-state index in [0.717, 1.165) is 82.3 Å². The summed E-state index contributed by atoms with van der Waals surface area (Å²) in [5.41, 5.74) is 4.73. The number of nitrogens with one attached hydrogen (secondary N) is 1. The molecule has 220 valence electrons. The number of aliphatic hydroxyl groups is 1. The van der Waals surface area contributed by atoms with Crippen LogP contribution in [0.2, 0.25) is 0 Å². The standard InChI is InChI=1S/C34H48F2N2O2/c1-6-28(16-18-31(24(3)4)33-25(5)21-27(22-32(33)40)34(35,36)7-2)37-29-13-10-20-38(23-29)19-9-12-26-11-8-14-30(39)17-15-26/h6,11,16,18,21-22,29-30,37,39-40H,1,3,7-10,12-15,17,19-20,23H2,2,4-5H3/b28-16+,31-18+/t29-,30?/m1/s1. The molecule has 1 aliphatic carbocycles. The van der Waals surface area contributed by atoms with Gasteiger partial charge in [0.2, 0.25) is 0 Å². The summed E-state index contributed by atoms with van der Waals surface area (Å²) in [6.45, 7) is 16.2. The molecule has 3 rings (SSSR count). The number of hydrogen-bond acceptors (Lipinski definition) is 4. The van der Waals surface area contributed by atoms with E-state index in [2.05, 4.69) is 29.5 Å². The van der Waals surface area contributed by atoms with Crippen LogP contribution >= 0.6 is 0 Å². The molecule has 2 aliphatic rings. The number of halogens is 2. The Morgan fingerprint density at radius 2 is 2.00 bits per heavy atom. The van der Waals surface area contributed by atoms with E-state index in [4.69, 9.17) is 0 Å². The number of likely N-dealkylation sites (tertiary alicyclic amines) is 1. The molecule has 1 saturated heterocycles. The maximum absolute atomic E-state index is 14.3. The summed E-state index contributed by atoms with van der Waals surface area (Å²) in [4.78, 5) is 2.53. The summed E-state index contributed by atoms with van der Waals surface area (Å²) in [6.07, 6.45) is 15.7. The zero-order valence-electron chi connectivity index (χ0n) is 24.6. The molecule has 1 aliphatic heterocycles. The van der Waals surface area contributed by atoms with Crippen molar-refractivity contribution in [2.24, 2.45) is 0 Å². The highest BCUT2D eigenvalue weighted by Crippen LogP contribution is 2.39. The average Bonchev–Trinajstić information content (AvgIpc) is 3.13. The monoisotopic (exact) mass is 554 g/mol. The number of benzene rings is 1. The van der Waals surface area contributed by atoms with Crippen LogP contribution in [0.1, 0.15) is 88.3 Å². The molecular formula is C34H48F2N2O2. The van der Waals surface area contributed by atoms with Gasteiger partial charge in [-0.1, -0.05) is 43.4 Å². The molecule has 6 heteroatoms. The Balaban J connectivity index is 1.66. The molecule has 2 atom stereocenters. The van der Waals surface area contributed by atoms with Gasteiger partial charge < -0.3 is 20.4 Å². The van der Waals surface area contributed by atoms with Gasteiger partial charge in [0.05, 0.1) is 6.10 Å². The van der Waals surface area contributed by atoms with Crippen molar-refractivity contribution in [3.8, 4) is 5.75 Å². The molecular weight excluding hydrogens is 506 g/mol. The Hall–Kier alpha value is -2.70. The van der Waals surface area contributed by atoms with Crippen LogP contribution in [0.15, 0.2) is 66.4 Å². The predicted molar refractivity (Wildman–Crippen MR) is 162 cm³/mol. The van der Waals surface area contributed by atoms with Crippen LogP contribution in [0.4, 0.5) is 8.78 Å². The number of aliphatic hydroxyl groups excluding tert-OH is 1. The van der Waals surface area contributed by atoms with E-state index in [0.29, 0.717) is 22.7 Å². The van der Waals surface area contributed by atoms with E-state index < -0.39 is 5.92 Å². The number of nitrogens with zero attached hydrogens (tertiary/aromatic N) is 1. The van der Waals surface area contributed by atoms with Gasteiger partial charge in [-0.15, -0.1) is 0 Å².